The van der Waals surface area contributed by atoms with Crippen LogP contribution in [-0.4, -0.2) is 44.5 Å². The van der Waals surface area contributed by atoms with E-state index < -0.39 is 24.0 Å². The molecular formula is C27H26N4O4. The first-order valence-electron chi connectivity index (χ1n) is 11.3. The minimum Gasteiger partial charge on any atom is -0.480 e. The van der Waals surface area contributed by atoms with Gasteiger partial charge in [-0.2, -0.15) is 0 Å². The second-order valence-corrected chi connectivity index (χ2v) is 8.26. The number of benzene rings is 3. The van der Waals surface area contributed by atoms with Crippen LogP contribution in [0.4, 0.5) is 0 Å². The predicted octanol–water partition coefficient (Wildman–Crippen LogP) is 2.58. The normalized spacial score (nSPS) is 12.6. The lowest BCUT2D eigenvalue weighted by Crippen LogP contribution is -2.53. The van der Waals surface area contributed by atoms with Crippen LogP contribution >= 0.6 is 0 Å². The van der Waals surface area contributed by atoms with Crippen molar-refractivity contribution in [3.63, 3.8) is 0 Å². The van der Waals surface area contributed by atoms with Gasteiger partial charge in [0.05, 0.1) is 17.4 Å². The number of carboxylic acids is 1. The number of para-hydroxylation sites is 2. The van der Waals surface area contributed by atoms with Crippen LogP contribution in [0.2, 0.25) is 0 Å². The van der Waals surface area contributed by atoms with E-state index in [-0.39, 0.29) is 25.3 Å². The smallest absolute Gasteiger partial charge is 0.326 e. The van der Waals surface area contributed by atoms with E-state index in [4.69, 9.17) is 0 Å². The maximum Gasteiger partial charge on any atom is 0.326 e. The van der Waals surface area contributed by atoms with Gasteiger partial charge in [0.2, 0.25) is 11.8 Å². The number of hydrogen-bond donors (Lipinski definition) is 3. The highest BCUT2D eigenvalue weighted by atomic mass is 16.4. The molecule has 3 aromatic carbocycles. The van der Waals surface area contributed by atoms with Crippen LogP contribution in [0.15, 0.2) is 91.3 Å². The van der Waals surface area contributed by atoms with E-state index in [0.717, 1.165) is 22.2 Å². The molecule has 0 saturated carbocycles. The van der Waals surface area contributed by atoms with Crippen molar-refractivity contribution in [3.05, 3.63) is 102 Å². The number of aliphatic carboxylic acids is 1. The van der Waals surface area contributed by atoms with Gasteiger partial charge in [-0.05, 0) is 23.3 Å². The van der Waals surface area contributed by atoms with Crippen molar-refractivity contribution in [3.8, 4) is 0 Å². The van der Waals surface area contributed by atoms with Gasteiger partial charge in [0.25, 0.3) is 0 Å². The topological polar surface area (TPSA) is 113 Å². The van der Waals surface area contributed by atoms with E-state index in [0.29, 0.717) is 0 Å². The fraction of sp³-hybridized carbons (Fsp3) is 0.185. The third-order valence-corrected chi connectivity index (χ3v) is 5.67. The summed E-state index contributed by atoms with van der Waals surface area (Å²) in [6, 6.07) is 23.7. The lowest BCUT2D eigenvalue weighted by molar-refractivity contribution is -0.142. The molecule has 0 aliphatic heterocycles. The molecule has 35 heavy (non-hydrogen) atoms. The fourth-order valence-corrected chi connectivity index (χ4v) is 3.91. The van der Waals surface area contributed by atoms with Gasteiger partial charge in [0.1, 0.15) is 18.6 Å². The number of aromatic nitrogens is 2. The first-order valence-corrected chi connectivity index (χ1v) is 11.3. The number of fused-ring (bicyclic) bond motifs is 1. The number of amides is 2. The summed E-state index contributed by atoms with van der Waals surface area (Å²) in [7, 11) is 0. The summed E-state index contributed by atoms with van der Waals surface area (Å²) < 4.78 is 1.71. The Hall–Kier alpha value is -4.46. The Bertz CT molecular complexity index is 1300. The molecule has 0 spiro atoms. The number of carbonyl (C=O) groups is 3. The molecular weight excluding hydrogens is 444 g/mol. The number of hydrogen-bond acceptors (Lipinski definition) is 4. The van der Waals surface area contributed by atoms with E-state index in [9.17, 15) is 19.5 Å². The first-order chi connectivity index (χ1) is 17.0. The SMILES string of the molecule is O=C(Cn1cnc2ccccc21)N[C@@H](Cc1ccccc1)C(=O)N[C@@H](Cc1ccccc1)C(=O)O. The molecule has 2 atom stereocenters. The second kappa shape index (κ2) is 11.1. The zero-order valence-electron chi connectivity index (χ0n) is 19.0. The second-order valence-electron chi connectivity index (χ2n) is 8.26. The van der Waals surface area contributed by atoms with Gasteiger partial charge in [-0.15, -0.1) is 0 Å². The molecule has 0 unspecified atom stereocenters. The standard InChI is InChI=1S/C27H26N4O4/c32-25(17-31-18-28-21-13-7-8-14-24(21)31)29-22(15-19-9-3-1-4-10-19)26(33)30-23(27(34)35)16-20-11-5-2-6-12-20/h1-14,18,22-23H,15-17H2,(H,29,32)(H,30,33)(H,34,35)/t22-,23-/m0/s1. The third-order valence-electron chi connectivity index (χ3n) is 5.67. The van der Waals surface area contributed by atoms with Crippen LogP contribution in [0, 0.1) is 0 Å². The fourth-order valence-electron chi connectivity index (χ4n) is 3.91. The molecule has 178 valence electrons. The molecule has 8 nitrogen and oxygen atoms in total. The van der Waals surface area contributed by atoms with Crippen molar-refractivity contribution >= 4 is 28.8 Å². The third kappa shape index (κ3) is 6.32. The molecule has 1 heterocycles. The number of rotatable bonds is 10. The van der Waals surface area contributed by atoms with E-state index in [1.807, 2.05) is 72.8 Å². The summed E-state index contributed by atoms with van der Waals surface area (Å²) in [4.78, 5) is 42.3. The van der Waals surface area contributed by atoms with Crippen LogP contribution < -0.4 is 10.6 Å². The summed E-state index contributed by atoms with van der Waals surface area (Å²) in [6.45, 7) is -0.0224. The molecule has 1 aromatic heterocycles. The summed E-state index contributed by atoms with van der Waals surface area (Å²) >= 11 is 0. The predicted molar refractivity (Wildman–Crippen MR) is 132 cm³/mol. The molecule has 2 amide bonds. The Morgan fingerprint density at radius 3 is 1.97 bits per heavy atom. The molecule has 4 aromatic rings. The molecule has 0 fully saturated rings. The van der Waals surface area contributed by atoms with Gasteiger partial charge in [-0.3, -0.25) is 9.59 Å². The Morgan fingerprint density at radius 2 is 1.34 bits per heavy atom. The lowest BCUT2D eigenvalue weighted by Gasteiger charge is -2.22. The van der Waals surface area contributed by atoms with Crippen molar-refractivity contribution in [2.45, 2.75) is 31.5 Å². The molecule has 4 rings (SSSR count). The number of carboxylic acid groups (broad SMARTS) is 1. The van der Waals surface area contributed by atoms with Crippen LogP contribution in [0.5, 0.6) is 0 Å². The number of carbonyl (C=O) groups excluding carboxylic acids is 2. The zero-order chi connectivity index (χ0) is 24.6. The summed E-state index contributed by atoms with van der Waals surface area (Å²) in [5.74, 6) is -2.07. The van der Waals surface area contributed by atoms with E-state index in [2.05, 4.69) is 15.6 Å². The average Bonchev–Trinajstić information content (AvgIpc) is 3.27. The molecule has 3 N–H and O–H groups in total. The van der Waals surface area contributed by atoms with Gasteiger partial charge < -0.3 is 20.3 Å². The molecule has 0 radical (unpaired) electrons. The van der Waals surface area contributed by atoms with Crippen LogP contribution in [0.3, 0.4) is 0 Å². The van der Waals surface area contributed by atoms with Crippen molar-refractivity contribution in [2.75, 3.05) is 0 Å². The molecule has 0 bridgehead atoms. The number of nitrogens with zero attached hydrogens (tertiary/aromatic N) is 2. The maximum absolute atomic E-state index is 13.2. The maximum atomic E-state index is 13.2. The largest absolute Gasteiger partial charge is 0.480 e. The van der Waals surface area contributed by atoms with E-state index in [1.54, 1.807) is 23.0 Å². The van der Waals surface area contributed by atoms with Crippen molar-refractivity contribution in [1.29, 1.82) is 0 Å². The molecule has 8 heteroatoms. The highest BCUT2D eigenvalue weighted by molar-refractivity contribution is 5.91. The average molecular weight is 471 g/mol. The summed E-state index contributed by atoms with van der Waals surface area (Å²) in [6.07, 6.45) is 1.94. The van der Waals surface area contributed by atoms with Gasteiger partial charge >= 0.3 is 5.97 Å². The van der Waals surface area contributed by atoms with Crippen molar-refractivity contribution < 1.29 is 19.5 Å². The Balaban J connectivity index is 1.49. The van der Waals surface area contributed by atoms with Crippen LogP contribution in [0.25, 0.3) is 11.0 Å². The quantitative estimate of drug-likeness (QED) is 0.330. The minimum atomic E-state index is -1.14. The molecule has 0 aliphatic carbocycles. The van der Waals surface area contributed by atoms with E-state index >= 15 is 0 Å². The monoisotopic (exact) mass is 470 g/mol. The highest BCUT2D eigenvalue weighted by Crippen LogP contribution is 2.12. The highest BCUT2D eigenvalue weighted by Gasteiger charge is 2.27. The Morgan fingerprint density at radius 1 is 0.771 bits per heavy atom. The molecule has 0 saturated heterocycles. The van der Waals surface area contributed by atoms with Crippen molar-refractivity contribution in [2.24, 2.45) is 0 Å². The first kappa shape index (κ1) is 23.7. The van der Waals surface area contributed by atoms with E-state index in [1.165, 1.54) is 0 Å². The van der Waals surface area contributed by atoms with Crippen molar-refractivity contribution in [1.82, 2.24) is 20.2 Å². The number of imidazole rings is 1. The minimum absolute atomic E-state index is 0.0224. The summed E-state index contributed by atoms with van der Waals surface area (Å²) in [5, 5.41) is 15.1. The van der Waals surface area contributed by atoms with Gasteiger partial charge in [-0.25, -0.2) is 9.78 Å². The van der Waals surface area contributed by atoms with Gasteiger partial charge in [0.15, 0.2) is 0 Å². The number of nitrogens with one attached hydrogen (secondary N) is 2. The van der Waals surface area contributed by atoms with Crippen LogP contribution in [0.1, 0.15) is 11.1 Å². The van der Waals surface area contributed by atoms with Gasteiger partial charge in [-0.1, -0.05) is 72.8 Å². The van der Waals surface area contributed by atoms with Crippen LogP contribution in [-0.2, 0) is 33.8 Å². The Kier molecular flexibility index (Phi) is 7.52. The molecule has 0 aliphatic rings. The zero-order valence-corrected chi connectivity index (χ0v) is 19.0. The van der Waals surface area contributed by atoms with Gasteiger partial charge in [0, 0.05) is 12.8 Å². The summed E-state index contributed by atoms with van der Waals surface area (Å²) in [5.41, 5.74) is 3.20. The Labute approximate surface area is 202 Å². The lowest BCUT2D eigenvalue weighted by atomic mass is 10.0.